The zero-order valence-corrected chi connectivity index (χ0v) is 12.3. The highest BCUT2D eigenvalue weighted by atomic mass is 19.1. The van der Waals surface area contributed by atoms with Gasteiger partial charge in [-0.1, -0.05) is 18.2 Å². The van der Waals surface area contributed by atoms with Crippen LogP contribution in [0.3, 0.4) is 0 Å². The van der Waals surface area contributed by atoms with Gasteiger partial charge >= 0.3 is 0 Å². The van der Waals surface area contributed by atoms with Gasteiger partial charge < -0.3 is 0 Å². The van der Waals surface area contributed by atoms with Gasteiger partial charge in [0.15, 0.2) is 0 Å². The Morgan fingerprint density at radius 1 is 0.818 bits per heavy atom. The highest BCUT2D eigenvalue weighted by molar-refractivity contribution is 5.72. The Hall–Kier alpha value is -2.62. The minimum atomic E-state index is -0.633. The van der Waals surface area contributed by atoms with Crippen molar-refractivity contribution in [2.24, 2.45) is 0 Å². The van der Waals surface area contributed by atoms with Gasteiger partial charge in [0.05, 0.1) is 11.4 Å². The molecule has 0 spiro atoms. The molecule has 4 heteroatoms. The SMILES string of the molecule is Cc1cccc(C)c1-c1cc(-c2ccc(F)cc2F)ncn1. The normalized spacial score (nSPS) is 10.7. The molecule has 1 aromatic heterocycles. The molecule has 0 unspecified atom stereocenters. The van der Waals surface area contributed by atoms with Crippen molar-refractivity contribution in [3.63, 3.8) is 0 Å². The van der Waals surface area contributed by atoms with Crippen LogP contribution in [0, 0.1) is 25.5 Å². The van der Waals surface area contributed by atoms with E-state index in [0.717, 1.165) is 28.5 Å². The molecular formula is C18H14F2N2. The van der Waals surface area contributed by atoms with Crippen LogP contribution in [-0.4, -0.2) is 9.97 Å². The van der Waals surface area contributed by atoms with Gasteiger partial charge in [0, 0.05) is 17.2 Å². The molecule has 0 aliphatic rings. The van der Waals surface area contributed by atoms with Crippen LogP contribution in [0.1, 0.15) is 11.1 Å². The van der Waals surface area contributed by atoms with Gasteiger partial charge in [0.2, 0.25) is 0 Å². The first kappa shape index (κ1) is 14.3. The fourth-order valence-electron chi connectivity index (χ4n) is 2.56. The molecule has 0 radical (unpaired) electrons. The summed E-state index contributed by atoms with van der Waals surface area (Å²) in [4.78, 5) is 8.41. The number of rotatable bonds is 2. The molecule has 3 aromatic rings. The number of aromatic nitrogens is 2. The van der Waals surface area contributed by atoms with Gasteiger partial charge in [-0.05, 0) is 43.2 Å². The number of hydrogen-bond donors (Lipinski definition) is 0. The van der Waals surface area contributed by atoms with Gasteiger partial charge in [0.1, 0.15) is 18.0 Å². The first-order valence-electron chi connectivity index (χ1n) is 6.90. The lowest BCUT2D eigenvalue weighted by molar-refractivity contribution is 0.585. The number of halogens is 2. The van der Waals surface area contributed by atoms with Crippen molar-refractivity contribution in [2.45, 2.75) is 13.8 Å². The highest BCUT2D eigenvalue weighted by Gasteiger charge is 2.12. The van der Waals surface area contributed by atoms with Crippen LogP contribution in [0.15, 0.2) is 48.8 Å². The largest absolute Gasteiger partial charge is 0.236 e. The van der Waals surface area contributed by atoms with Gasteiger partial charge in [0.25, 0.3) is 0 Å². The summed E-state index contributed by atoms with van der Waals surface area (Å²) in [5, 5.41) is 0. The molecule has 0 saturated heterocycles. The van der Waals surface area contributed by atoms with Crippen molar-refractivity contribution in [2.75, 3.05) is 0 Å². The van der Waals surface area contributed by atoms with E-state index in [4.69, 9.17) is 0 Å². The summed E-state index contributed by atoms with van der Waals surface area (Å²) in [5.41, 5.74) is 4.60. The molecule has 22 heavy (non-hydrogen) atoms. The summed E-state index contributed by atoms with van der Waals surface area (Å²) in [6.07, 6.45) is 1.40. The maximum absolute atomic E-state index is 13.9. The van der Waals surface area contributed by atoms with E-state index in [-0.39, 0.29) is 5.56 Å². The first-order valence-corrected chi connectivity index (χ1v) is 6.90. The molecule has 3 rings (SSSR count). The Bertz CT molecular complexity index is 824. The summed E-state index contributed by atoms with van der Waals surface area (Å²) in [6.45, 7) is 4.01. The van der Waals surface area contributed by atoms with E-state index in [1.54, 1.807) is 6.07 Å². The van der Waals surface area contributed by atoms with E-state index in [0.29, 0.717) is 5.69 Å². The summed E-state index contributed by atoms with van der Waals surface area (Å²) in [7, 11) is 0. The summed E-state index contributed by atoms with van der Waals surface area (Å²) >= 11 is 0. The lowest BCUT2D eigenvalue weighted by Gasteiger charge is -2.10. The van der Waals surface area contributed by atoms with Gasteiger partial charge in [-0.15, -0.1) is 0 Å². The summed E-state index contributed by atoms with van der Waals surface area (Å²) in [6, 6.07) is 11.2. The molecule has 2 aromatic carbocycles. The maximum atomic E-state index is 13.9. The Morgan fingerprint density at radius 2 is 1.50 bits per heavy atom. The third kappa shape index (κ3) is 2.60. The predicted octanol–water partition coefficient (Wildman–Crippen LogP) is 4.71. The monoisotopic (exact) mass is 296 g/mol. The smallest absolute Gasteiger partial charge is 0.135 e. The molecule has 110 valence electrons. The Balaban J connectivity index is 2.14. The molecule has 0 aliphatic heterocycles. The number of aryl methyl sites for hydroxylation is 2. The number of nitrogens with zero attached hydrogens (tertiary/aromatic N) is 2. The van der Waals surface area contributed by atoms with E-state index in [9.17, 15) is 8.78 Å². The summed E-state index contributed by atoms with van der Waals surface area (Å²) in [5.74, 6) is -1.24. The molecule has 0 amide bonds. The fourth-order valence-corrected chi connectivity index (χ4v) is 2.56. The van der Waals surface area contributed by atoms with Crippen molar-refractivity contribution in [1.82, 2.24) is 9.97 Å². The van der Waals surface area contributed by atoms with Gasteiger partial charge in [-0.2, -0.15) is 0 Å². The van der Waals surface area contributed by atoms with Crippen molar-refractivity contribution >= 4 is 0 Å². The van der Waals surface area contributed by atoms with E-state index in [2.05, 4.69) is 9.97 Å². The Morgan fingerprint density at radius 3 is 2.18 bits per heavy atom. The van der Waals surface area contributed by atoms with Gasteiger partial charge in [-0.3, -0.25) is 0 Å². The van der Waals surface area contributed by atoms with Crippen LogP contribution < -0.4 is 0 Å². The Labute approximate surface area is 127 Å². The first-order chi connectivity index (χ1) is 10.6. The molecule has 0 bridgehead atoms. The topological polar surface area (TPSA) is 25.8 Å². The lowest BCUT2D eigenvalue weighted by atomic mass is 9.99. The van der Waals surface area contributed by atoms with Crippen LogP contribution in [-0.2, 0) is 0 Å². The quantitative estimate of drug-likeness (QED) is 0.684. The number of hydrogen-bond acceptors (Lipinski definition) is 2. The average Bonchev–Trinajstić information content (AvgIpc) is 2.47. The molecule has 0 saturated carbocycles. The predicted molar refractivity (Wildman–Crippen MR) is 82.3 cm³/mol. The molecule has 1 heterocycles. The third-order valence-electron chi connectivity index (χ3n) is 3.61. The summed E-state index contributed by atoms with van der Waals surface area (Å²) < 4.78 is 27.0. The number of benzene rings is 2. The van der Waals surface area contributed by atoms with Crippen molar-refractivity contribution < 1.29 is 8.78 Å². The van der Waals surface area contributed by atoms with Crippen LogP contribution >= 0.6 is 0 Å². The van der Waals surface area contributed by atoms with Crippen LogP contribution in [0.2, 0.25) is 0 Å². The van der Waals surface area contributed by atoms with E-state index < -0.39 is 11.6 Å². The standard InChI is InChI=1S/C18H14F2N2/c1-11-4-3-5-12(2)18(11)17-9-16(21-10-22-17)14-7-6-13(19)8-15(14)20/h3-10H,1-2H3. The van der Waals surface area contributed by atoms with E-state index >= 15 is 0 Å². The fraction of sp³-hybridized carbons (Fsp3) is 0.111. The molecule has 0 fully saturated rings. The molecular weight excluding hydrogens is 282 g/mol. The lowest BCUT2D eigenvalue weighted by Crippen LogP contribution is -1.95. The second kappa shape index (κ2) is 5.64. The van der Waals surface area contributed by atoms with Crippen LogP contribution in [0.4, 0.5) is 8.78 Å². The second-order valence-electron chi connectivity index (χ2n) is 5.18. The molecule has 2 nitrogen and oxygen atoms in total. The van der Waals surface area contributed by atoms with E-state index in [1.165, 1.54) is 18.5 Å². The molecule has 0 N–H and O–H groups in total. The average molecular weight is 296 g/mol. The van der Waals surface area contributed by atoms with Crippen molar-refractivity contribution in [1.29, 1.82) is 0 Å². The third-order valence-corrected chi connectivity index (χ3v) is 3.61. The molecule has 0 aliphatic carbocycles. The van der Waals surface area contributed by atoms with E-state index in [1.807, 2.05) is 32.0 Å². The van der Waals surface area contributed by atoms with Gasteiger partial charge in [-0.25, -0.2) is 18.7 Å². The van der Waals surface area contributed by atoms with Crippen molar-refractivity contribution in [3.8, 4) is 22.5 Å². The minimum absolute atomic E-state index is 0.260. The zero-order valence-electron chi connectivity index (χ0n) is 12.3. The highest BCUT2D eigenvalue weighted by Crippen LogP contribution is 2.29. The van der Waals surface area contributed by atoms with Crippen molar-refractivity contribution in [3.05, 3.63) is 71.6 Å². The van der Waals surface area contributed by atoms with Crippen LogP contribution in [0.5, 0.6) is 0 Å². The Kier molecular flexibility index (Phi) is 3.67. The zero-order chi connectivity index (χ0) is 15.7. The maximum Gasteiger partial charge on any atom is 0.135 e. The molecule has 0 atom stereocenters. The van der Waals surface area contributed by atoms with Crippen LogP contribution in [0.25, 0.3) is 22.5 Å². The second-order valence-corrected chi connectivity index (χ2v) is 5.18. The minimum Gasteiger partial charge on any atom is -0.236 e.